The van der Waals surface area contributed by atoms with E-state index in [9.17, 15) is 4.79 Å². The van der Waals surface area contributed by atoms with Gasteiger partial charge >= 0.3 is 0 Å². The van der Waals surface area contributed by atoms with Gasteiger partial charge in [0.15, 0.2) is 5.75 Å². The Morgan fingerprint density at radius 2 is 2.10 bits per heavy atom. The predicted molar refractivity (Wildman–Crippen MR) is 83.8 cm³/mol. The summed E-state index contributed by atoms with van der Waals surface area (Å²) < 4.78 is 6.77. The summed E-state index contributed by atoms with van der Waals surface area (Å²) in [5.41, 5.74) is 13.0. The SMILES string of the molecule is Cc1nc2cc(Oc3cccc(C(N)=O)c3)c(N)cc2s1. The van der Waals surface area contributed by atoms with E-state index in [0.29, 0.717) is 22.7 Å². The molecule has 0 aliphatic rings. The fourth-order valence-corrected chi connectivity index (χ4v) is 2.87. The van der Waals surface area contributed by atoms with Crippen molar-refractivity contribution in [1.82, 2.24) is 4.98 Å². The van der Waals surface area contributed by atoms with Gasteiger partial charge in [-0.05, 0) is 31.2 Å². The molecule has 0 spiro atoms. The zero-order valence-electron chi connectivity index (χ0n) is 11.3. The van der Waals surface area contributed by atoms with Crippen LogP contribution in [-0.2, 0) is 0 Å². The average molecular weight is 299 g/mol. The van der Waals surface area contributed by atoms with Crippen molar-refractivity contribution >= 4 is 33.1 Å². The van der Waals surface area contributed by atoms with E-state index in [0.717, 1.165) is 15.2 Å². The lowest BCUT2D eigenvalue weighted by molar-refractivity contribution is 0.1000. The maximum absolute atomic E-state index is 11.2. The molecular formula is C15H13N3O2S. The van der Waals surface area contributed by atoms with Gasteiger partial charge < -0.3 is 16.2 Å². The second-order valence-corrected chi connectivity index (χ2v) is 5.82. The van der Waals surface area contributed by atoms with Gasteiger partial charge in [-0.2, -0.15) is 0 Å². The lowest BCUT2D eigenvalue weighted by Crippen LogP contribution is -2.10. The molecule has 0 saturated carbocycles. The first kappa shape index (κ1) is 13.4. The van der Waals surface area contributed by atoms with Crippen molar-refractivity contribution in [2.75, 3.05) is 5.73 Å². The van der Waals surface area contributed by atoms with Crippen LogP contribution in [0.15, 0.2) is 36.4 Å². The molecule has 0 saturated heterocycles. The maximum Gasteiger partial charge on any atom is 0.248 e. The molecule has 2 aromatic carbocycles. The van der Waals surface area contributed by atoms with Crippen molar-refractivity contribution in [3.05, 3.63) is 47.0 Å². The summed E-state index contributed by atoms with van der Waals surface area (Å²) in [4.78, 5) is 15.6. The van der Waals surface area contributed by atoms with Crippen LogP contribution in [0.4, 0.5) is 5.69 Å². The molecule has 106 valence electrons. The van der Waals surface area contributed by atoms with Crippen LogP contribution in [0, 0.1) is 6.92 Å². The lowest BCUT2D eigenvalue weighted by atomic mass is 10.2. The molecule has 21 heavy (non-hydrogen) atoms. The van der Waals surface area contributed by atoms with Gasteiger partial charge in [0, 0.05) is 11.6 Å². The first-order chi connectivity index (χ1) is 10.0. The third kappa shape index (κ3) is 2.66. The number of nitrogens with two attached hydrogens (primary N) is 2. The third-order valence-electron chi connectivity index (χ3n) is 2.97. The van der Waals surface area contributed by atoms with E-state index in [1.165, 1.54) is 0 Å². The minimum Gasteiger partial charge on any atom is -0.455 e. The number of fused-ring (bicyclic) bond motifs is 1. The number of primary amides is 1. The predicted octanol–water partition coefficient (Wildman–Crippen LogP) is 3.08. The van der Waals surface area contributed by atoms with Crippen molar-refractivity contribution in [2.45, 2.75) is 6.92 Å². The van der Waals surface area contributed by atoms with Crippen molar-refractivity contribution in [1.29, 1.82) is 0 Å². The van der Waals surface area contributed by atoms with Crippen LogP contribution in [0.1, 0.15) is 15.4 Å². The molecule has 0 aliphatic carbocycles. The Morgan fingerprint density at radius 3 is 2.86 bits per heavy atom. The Bertz CT molecular complexity index is 842. The lowest BCUT2D eigenvalue weighted by Gasteiger charge is -2.09. The quantitative estimate of drug-likeness (QED) is 0.727. The van der Waals surface area contributed by atoms with Gasteiger partial charge in [-0.3, -0.25) is 4.79 Å². The molecule has 0 aliphatic heterocycles. The van der Waals surface area contributed by atoms with E-state index >= 15 is 0 Å². The second kappa shape index (κ2) is 5.06. The summed E-state index contributed by atoms with van der Waals surface area (Å²) in [6.07, 6.45) is 0. The van der Waals surface area contributed by atoms with Gasteiger partial charge in [-0.15, -0.1) is 11.3 Å². The molecule has 0 radical (unpaired) electrons. The zero-order valence-corrected chi connectivity index (χ0v) is 12.1. The van der Waals surface area contributed by atoms with Gasteiger partial charge in [0.1, 0.15) is 5.75 Å². The Labute approximate surface area is 125 Å². The second-order valence-electron chi connectivity index (χ2n) is 4.58. The van der Waals surface area contributed by atoms with E-state index in [1.54, 1.807) is 41.7 Å². The number of benzene rings is 2. The van der Waals surface area contributed by atoms with E-state index in [1.807, 2.05) is 13.0 Å². The number of ether oxygens (including phenoxy) is 1. The molecule has 1 heterocycles. The summed E-state index contributed by atoms with van der Waals surface area (Å²) in [5, 5.41) is 0.970. The van der Waals surface area contributed by atoms with Crippen LogP contribution < -0.4 is 16.2 Å². The number of nitrogen functional groups attached to an aromatic ring is 1. The van der Waals surface area contributed by atoms with Crippen molar-refractivity contribution in [3.63, 3.8) is 0 Å². The average Bonchev–Trinajstić information content (AvgIpc) is 2.78. The molecular weight excluding hydrogens is 286 g/mol. The van der Waals surface area contributed by atoms with E-state index in [4.69, 9.17) is 16.2 Å². The third-order valence-corrected chi connectivity index (χ3v) is 3.91. The van der Waals surface area contributed by atoms with Gasteiger partial charge in [-0.25, -0.2) is 4.98 Å². The fourth-order valence-electron chi connectivity index (χ4n) is 2.01. The Balaban J connectivity index is 1.99. The molecule has 4 N–H and O–H groups in total. The van der Waals surface area contributed by atoms with Crippen molar-refractivity contribution in [2.24, 2.45) is 5.73 Å². The van der Waals surface area contributed by atoms with E-state index in [-0.39, 0.29) is 0 Å². The highest BCUT2D eigenvalue weighted by Crippen LogP contribution is 2.34. The number of carbonyl (C=O) groups excluding carboxylic acids is 1. The van der Waals surface area contributed by atoms with E-state index < -0.39 is 5.91 Å². The summed E-state index contributed by atoms with van der Waals surface area (Å²) in [6, 6.07) is 10.3. The highest BCUT2D eigenvalue weighted by Gasteiger charge is 2.09. The summed E-state index contributed by atoms with van der Waals surface area (Å²) in [5.74, 6) is 0.512. The first-order valence-electron chi connectivity index (χ1n) is 6.27. The molecule has 3 aromatic rings. The smallest absolute Gasteiger partial charge is 0.248 e. The molecule has 0 unspecified atom stereocenters. The molecule has 0 fully saturated rings. The minimum absolute atomic E-state index is 0.386. The van der Waals surface area contributed by atoms with Crippen molar-refractivity contribution in [3.8, 4) is 11.5 Å². The number of aromatic nitrogens is 1. The highest BCUT2D eigenvalue weighted by atomic mass is 32.1. The van der Waals surface area contributed by atoms with Crippen LogP contribution in [0.25, 0.3) is 10.2 Å². The highest BCUT2D eigenvalue weighted by molar-refractivity contribution is 7.18. The number of aryl methyl sites for hydroxylation is 1. The topological polar surface area (TPSA) is 91.2 Å². The number of anilines is 1. The largest absolute Gasteiger partial charge is 0.455 e. The minimum atomic E-state index is -0.501. The number of hydrogen-bond donors (Lipinski definition) is 2. The summed E-state index contributed by atoms with van der Waals surface area (Å²) in [7, 11) is 0. The Morgan fingerprint density at radius 1 is 1.29 bits per heavy atom. The monoisotopic (exact) mass is 299 g/mol. The van der Waals surface area contributed by atoms with Crippen LogP contribution in [-0.4, -0.2) is 10.9 Å². The first-order valence-corrected chi connectivity index (χ1v) is 7.09. The molecule has 1 aromatic heterocycles. The molecule has 3 rings (SSSR count). The number of hydrogen-bond acceptors (Lipinski definition) is 5. The van der Waals surface area contributed by atoms with Crippen LogP contribution in [0.3, 0.4) is 0 Å². The number of amides is 1. The zero-order chi connectivity index (χ0) is 15.0. The van der Waals surface area contributed by atoms with Gasteiger partial charge in [0.05, 0.1) is 20.9 Å². The molecule has 6 heteroatoms. The van der Waals surface area contributed by atoms with E-state index in [2.05, 4.69) is 4.98 Å². The number of nitrogens with zero attached hydrogens (tertiary/aromatic N) is 1. The number of thiazole rings is 1. The van der Waals surface area contributed by atoms with Gasteiger partial charge in [-0.1, -0.05) is 6.07 Å². The molecule has 1 amide bonds. The molecule has 0 bridgehead atoms. The van der Waals surface area contributed by atoms with Gasteiger partial charge in [0.25, 0.3) is 0 Å². The standard InChI is InChI=1S/C15H13N3O2S/c1-8-18-12-7-13(11(16)6-14(12)21-8)20-10-4-2-3-9(5-10)15(17)19/h2-7H,16H2,1H3,(H2,17,19). The molecule has 0 atom stereocenters. The van der Waals surface area contributed by atoms with Gasteiger partial charge in [0.2, 0.25) is 5.91 Å². The molecule has 5 nitrogen and oxygen atoms in total. The summed E-state index contributed by atoms with van der Waals surface area (Å²) >= 11 is 1.58. The van der Waals surface area contributed by atoms with Crippen LogP contribution in [0.2, 0.25) is 0 Å². The fraction of sp³-hybridized carbons (Fsp3) is 0.0667. The van der Waals surface area contributed by atoms with Crippen LogP contribution in [0.5, 0.6) is 11.5 Å². The number of carbonyl (C=O) groups is 1. The normalized spacial score (nSPS) is 10.7. The van der Waals surface area contributed by atoms with Crippen molar-refractivity contribution < 1.29 is 9.53 Å². The van der Waals surface area contributed by atoms with Crippen LogP contribution >= 0.6 is 11.3 Å². The Kier molecular flexibility index (Phi) is 3.23. The summed E-state index contributed by atoms with van der Waals surface area (Å²) in [6.45, 7) is 1.94. The number of rotatable bonds is 3. The Hall–Kier alpha value is -2.60. The maximum atomic E-state index is 11.2.